The molecule has 18 heavy (non-hydrogen) atoms. The highest BCUT2D eigenvalue weighted by Gasteiger charge is 2.11. The van der Waals surface area contributed by atoms with Crippen LogP contribution >= 0.6 is 11.8 Å². The summed E-state index contributed by atoms with van der Waals surface area (Å²) in [5.41, 5.74) is 0.905. The van der Waals surface area contributed by atoms with Crippen molar-refractivity contribution in [3.05, 3.63) is 30.2 Å². The average molecular weight is 264 g/mol. The summed E-state index contributed by atoms with van der Waals surface area (Å²) in [7, 11) is 0. The van der Waals surface area contributed by atoms with Crippen molar-refractivity contribution in [2.75, 3.05) is 18.1 Å². The minimum Gasteiger partial charge on any atom is -0.307 e. The summed E-state index contributed by atoms with van der Waals surface area (Å²) in [6.45, 7) is 5.36. The molecule has 1 unspecified atom stereocenters. The molecule has 0 aliphatic rings. The SMILES string of the molecule is CCSCCCNC(C)c1nnc2ccccn12. The molecule has 0 saturated heterocycles. The van der Waals surface area contributed by atoms with Crippen LogP contribution in [0.25, 0.3) is 5.65 Å². The highest BCUT2D eigenvalue weighted by Crippen LogP contribution is 2.11. The lowest BCUT2D eigenvalue weighted by Gasteiger charge is -2.11. The Labute approximate surface area is 112 Å². The summed E-state index contributed by atoms with van der Waals surface area (Å²) < 4.78 is 2.04. The highest BCUT2D eigenvalue weighted by molar-refractivity contribution is 7.99. The zero-order chi connectivity index (χ0) is 12.8. The first-order chi connectivity index (χ1) is 8.83. The van der Waals surface area contributed by atoms with Crippen LogP contribution in [0.2, 0.25) is 0 Å². The van der Waals surface area contributed by atoms with Crippen LogP contribution in [-0.4, -0.2) is 32.6 Å². The molecule has 2 aromatic rings. The molecule has 0 aliphatic heterocycles. The van der Waals surface area contributed by atoms with E-state index in [0.29, 0.717) is 0 Å². The maximum atomic E-state index is 4.26. The van der Waals surface area contributed by atoms with Gasteiger partial charge in [-0.3, -0.25) is 4.40 Å². The van der Waals surface area contributed by atoms with Crippen LogP contribution in [0, 0.1) is 0 Å². The van der Waals surface area contributed by atoms with Gasteiger partial charge in [0.15, 0.2) is 11.5 Å². The molecule has 0 spiro atoms. The highest BCUT2D eigenvalue weighted by atomic mass is 32.2. The first kappa shape index (κ1) is 13.4. The predicted molar refractivity (Wildman–Crippen MR) is 77.0 cm³/mol. The summed E-state index contributed by atoms with van der Waals surface area (Å²) in [6.07, 6.45) is 3.20. The number of hydrogen-bond donors (Lipinski definition) is 1. The Bertz CT molecular complexity index is 483. The maximum absolute atomic E-state index is 4.26. The van der Waals surface area contributed by atoms with E-state index in [4.69, 9.17) is 0 Å². The quantitative estimate of drug-likeness (QED) is 0.780. The number of nitrogens with one attached hydrogen (secondary N) is 1. The fourth-order valence-corrected chi connectivity index (χ4v) is 2.52. The minimum atomic E-state index is 0.231. The van der Waals surface area contributed by atoms with E-state index in [1.807, 2.05) is 40.6 Å². The van der Waals surface area contributed by atoms with Crippen molar-refractivity contribution >= 4 is 17.4 Å². The van der Waals surface area contributed by atoms with Gasteiger partial charge in [0, 0.05) is 6.20 Å². The molecule has 2 aromatic heterocycles. The van der Waals surface area contributed by atoms with E-state index in [0.717, 1.165) is 18.0 Å². The number of thioether (sulfide) groups is 1. The fourth-order valence-electron chi connectivity index (χ4n) is 1.88. The Morgan fingerprint density at radius 3 is 3.11 bits per heavy atom. The molecule has 0 fully saturated rings. The number of nitrogens with zero attached hydrogens (tertiary/aromatic N) is 3. The molecule has 1 N–H and O–H groups in total. The second-order valence-corrected chi connectivity index (χ2v) is 5.61. The number of aromatic nitrogens is 3. The van der Waals surface area contributed by atoms with E-state index in [1.54, 1.807) is 0 Å². The average Bonchev–Trinajstić information content (AvgIpc) is 2.82. The predicted octanol–water partition coefficient (Wildman–Crippen LogP) is 2.52. The molecule has 0 amide bonds. The molecule has 0 bridgehead atoms. The first-order valence-electron chi connectivity index (χ1n) is 6.43. The Morgan fingerprint density at radius 1 is 1.39 bits per heavy atom. The van der Waals surface area contributed by atoms with Crippen LogP contribution in [0.3, 0.4) is 0 Å². The maximum Gasteiger partial charge on any atom is 0.160 e. The second kappa shape index (κ2) is 6.75. The van der Waals surface area contributed by atoms with E-state index in [1.165, 1.54) is 17.9 Å². The molecule has 4 nitrogen and oxygen atoms in total. The molecule has 98 valence electrons. The van der Waals surface area contributed by atoms with Crippen molar-refractivity contribution in [1.82, 2.24) is 19.9 Å². The van der Waals surface area contributed by atoms with E-state index >= 15 is 0 Å². The largest absolute Gasteiger partial charge is 0.307 e. The third kappa shape index (κ3) is 3.23. The van der Waals surface area contributed by atoms with Crippen LogP contribution in [0.5, 0.6) is 0 Å². The topological polar surface area (TPSA) is 42.2 Å². The monoisotopic (exact) mass is 264 g/mol. The van der Waals surface area contributed by atoms with Gasteiger partial charge in [-0.2, -0.15) is 11.8 Å². The van der Waals surface area contributed by atoms with Gasteiger partial charge in [0.2, 0.25) is 0 Å². The van der Waals surface area contributed by atoms with Gasteiger partial charge >= 0.3 is 0 Å². The summed E-state index contributed by atoms with van der Waals surface area (Å²) in [4.78, 5) is 0. The molecular formula is C13H20N4S. The fraction of sp³-hybridized carbons (Fsp3) is 0.538. The zero-order valence-electron chi connectivity index (χ0n) is 11.0. The second-order valence-electron chi connectivity index (χ2n) is 4.21. The van der Waals surface area contributed by atoms with Gasteiger partial charge in [0.25, 0.3) is 0 Å². The third-order valence-corrected chi connectivity index (χ3v) is 3.83. The molecular weight excluding hydrogens is 244 g/mol. The van der Waals surface area contributed by atoms with Crippen LogP contribution in [-0.2, 0) is 0 Å². The van der Waals surface area contributed by atoms with Gasteiger partial charge in [0.05, 0.1) is 6.04 Å². The van der Waals surface area contributed by atoms with Gasteiger partial charge in [-0.05, 0) is 43.5 Å². The number of pyridine rings is 1. The molecule has 2 rings (SSSR count). The smallest absolute Gasteiger partial charge is 0.160 e. The number of hydrogen-bond acceptors (Lipinski definition) is 4. The molecule has 2 heterocycles. The first-order valence-corrected chi connectivity index (χ1v) is 7.59. The van der Waals surface area contributed by atoms with E-state index in [-0.39, 0.29) is 6.04 Å². The molecule has 5 heteroatoms. The Morgan fingerprint density at radius 2 is 2.28 bits per heavy atom. The van der Waals surface area contributed by atoms with Gasteiger partial charge in [0.1, 0.15) is 0 Å². The van der Waals surface area contributed by atoms with Crippen molar-refractivity contribution in [3.8, 4) is 0 Å². The van der Waals surface area contributed by atoms with Gasteiger partial charge < -0.3 is 5.32 Å². The minimum absolute atomic E-state index is 0.231. The molecule has 0 aromatic carbocycles. The lowest BCUT2D eigenvalue weighted by Crippen LogP contribution is -2.22. The molecule has 1 atom stereocenters. The van der Waals surface area contributed by atoms with Crippen LogP contribution in [0.1, 0.15) is 32.1 Å². The Hall–Kier alpha value is -1.07. The van der Waals surface area contributed by atoms with E-state index in [9.17, 15) is 0 Å². The van der Waals surface area contributed by atoms with Crippen molar-refractivity contribution in [2.24, 2.45) is 0 Å². The standard InChI is InChI=1S/C13H20N4S/c1-3-18-10-6-8-14-11(2)13-16-15-12-7-4-5-9-17(12)13/h4-5,7,9,11,14H,3,6,8,10H2,1-2H3. The lowest BCUT2D eigenvalue weighted by molar-refractivity contribution is 0.541. The van der Waals surface area contributed by atoms with Gasteiger partial charge in [-0.15, -0.1) is 10.2 Å². The Kier molecular flexibility index (Phi) is 5.01. The number of fused-ring (bicyclic) bond motifs is 1. The van der Waals surface area contributed by atoms with Crippen LogP contribution < -0.4 is 5.32 Å². The van der Waals surface area contributed by atoms with Crippen molar-refractivity contribution in [1.29, 1.82) is 0 Å². The number of rotatable bonds is 7. The van der Waals surface area contributed by atoms with Crippen molar-refractivity contribution < 1.29 is 0 Å². The summed E-state index contributed by atoms with van der Waals surface area (Å²) in [5.74, 6) is 3.40. The van der Waals surface area contributed by atoms with E-state index < -0.39 is 0 Å². The van der Waals surface area contributed by atoms with E-state index in [2.05, 4.69) is 29.4 Å². The molecule has 0 saturated carbocycles. The molecule has 0 aliphatic carbocycles. The summed E-state index contributed by atoms with van der Waals surface area (Å²) in [6, 6.07) is 6.19. The van der Waals surface area contributed by atoms with Gasteiger partial charge in [-0.1, -0.05) is 13.0 Å². The summed E-state index contributed by atoms with van der Waals surface area (Å²) >= 11 is 1.99. The zero-order valence-corrected chi connectivity index (χ0v) is 11.8. The summed E-state index contributed by atoms with van der Waals surface area (Å²) in [5, 5.41) is 11.9. The van der Waals surface area contributed by atoms with Gasteiger partial charge in [-0.25, -0.2) is 0 Å². The van der Waals surface area contributed by atoms with Crippen LogP contribution in [0.4, 0.5) is 0 Å². The van der Waals surface area contributed by atoms with Crippen molar-refractivity contribution in [3.63, 3.8) is 0 Å². The lowest BCUT2D eigenvalue weighted by atomic mass is 10.3. The normalized spacial score (nSPS) is 13.0. The third-order valence-electron chi connectivity index (χ3n) is 2.85. The van der Waals surface area contributed by atoms with Crippen molar-refractivity contribution in [2.45, 2.75) is 26.3 Å². The Balaban J connectivity index is 1.90. The molecule has 0 radical (unpaired) electrons. The van der Waals surface area contributed by atoms with Crippen LogP contribution in [0.15, 0.2) is 24.4 Å².